The predicted molar refractivity (Wildman–Crippen MR) is 152 cm³/mol. The van der Waals surface area contributed by atoms with Crippen LogP contribution in [-0.2, 0) is 17.4 Å². The molecule has 1 N–H and O–H groups in total. The lowest BCUT2D eigenvalue weighted by Crippen LogP contribution is -2.27. The van der Waals surface area contributed by atoms with Gasteiger partial charge in [-0.15, -0.1) is 5.10 Å². The Labute approximate surface area is 228 Å². The van der Waals surface area contributed by atoms with Gasteiger partial charge >= 0.3 is 0 Å². The van der Waals surface area contributed by atoms with Crippen LogP contribution in [0, 0.1) is 18.8 Å². The van der Waals surface area contributed by atoms with Crippen molar-refractivity contribution in [3.63, 3.8) is 0 Å². The van der Waals surface area contributed by atoms with Crippen molar-refractivity contribution in [1.82, 2.24) is 24.5 Å². The average Bonchev–Trinajstić information content (AvgIpc) is 3.71. The van der Waals surface area contributed by atoms with Crippen LogP contribution in [0.15, 0.2) is 60.8 Å². The summed E-state index contributed by atoms with van der Waals surface area (Å²) in [6.45, 7) is 5.51. The van der Waals surface area contributed by atoms with Crippen LogP contribution in [0.5, 0.6) is 0 Å². The number of aliphatic hydroxyl groups is 1. The molecular formula is C32H35N5O2. The van der Waals surface area contributed by atoms with Gasteiger partial charge in [-0.1, -0.05) is 47.7 Å². The molecule has 7 heteroatoms. The van der Waals surface area contributed by atoms with E-state index in [2.05, 4.69) is 69.5 Å². The van der Waals surface area contributed by atoms with Gasteiger partial charge in [0.15, 0.2) is 0 Å². The molecule has 0 spiro atoms. The number of benzene rings is 2. The molecule has 0 radical (unpaired) electrons. The van der Waals surface area contributed by atoms with E-state index >= 15 is 0 Å². The number of pyridine rings is 1. The van der Waals surface area contributed by atoms with Crippen molar-refractivity contribution in [2.45, 2.75) is 51.2 Å². The normalized spacial score (nSPS) is 19.0. The number of ether oxygens (including phenoxy) is 1. The lowest BCUT2D eigenvalue weighted by Gasteiger charge is -2.33. The van der Waals surface area contributed by atoms with Crippen molar-refractivity contribution in [2.75, 3.05) is 13.2 Å². The zero-order valence-electron chi connectivity index (χ0n) is 22.8. The zero-order valence-corrected chi connectivity index (χ0v) is 22.8. The Kier molecular flexibility index (Phi) is 5.83. The maximum Gasteiger partial charge on any atom is 0.0960 e. The van der Waals surface area contributed by atoms with E-state index in [-0.39, 0.29) is 6.04 Å². The van der Waals surface area contributed by atoms with Crippen LogP contribution in [0.2, 0.25) is 0 Å². The number of aromatic nitrogens is 5. The number of nitrogens with zero attached hydrogens (tertiary/aromatic N) is 5. The molecule has 7 nitrogen and oxygen atoms in total. The van der Waals surface area contributed by atoms with Crippen LogP contribution >= 0.6 is 0 Å². The zero-order chi connectivity index (χ0) is 26.7. The summed E-state index contributed by atoms with van der Waals surface area (Å²) in [7, 11) is 1.93. The Morgan fingerprint density at radius 1 is 1.00 bits per heavy atom. The van der Waals surface area contributed by atoms with Gasteiger partial charge in [-0.25, -0.2) is 4.68 Å². The topological polar surface area (TPSA) is 78.0 Å². The van der Waals surface area contributed by atoms with E-state index in [0.717, 1.165) is 83.3 Å². The van der Waals surface area contributed by atoms with Gasteiger partial charge in [0, 0.05) is 37.4 Å². The minimum Gasteiger partial charge on any atom is -0.385 e. The summed E-state index contributed by atoms with van der Waals surface area (Å²) < 4.78 is 10.1. The van der Waals surface area contributed by atoms with E-state index in [0.29, 0.717) is 11.8 Å². The van der Waals surface area contributed by atoms with Crippen molar-refractivity contribution in [3.05, 3.63) is 77.6 Å². The smallest absolute Gasteiger partial charge is 0.0960 e. The Bertz CT molecular complexity index is 1640. The van der Waals surface area contributed by atoms with Gasteiger partial charge in [-0.2, -0.15) is 0 Å². The minimum absolute atomic E-state index is 0.110. The number of aryl methyl sites for hydroxylation is 2. The molecule has 1 unspecified atom stereocenters. The highest BCUT2D eigenvalue weighted by Crippen LogP contribution is 2.47. The first-order valence-electron chi connectivity index (χ1n) is 14.1. The van der Waals surface area contributed by atoms with Crippen molar-refractivity contribution in [2.24, 2.45) is 18.9 Å². The third kappa shape index (κ3) is 4.07. The fraction of sp³-hybridized carbons (Fsp3) is 0.406. The minimum atomic E-state index is -0.841. The second-order valence-electron chi connectivity index (χ2n) is 11.6. The molecule has 39 heavy (non-hydrogen) atoms. The Hall–Kier alpha value is -3.55. The number of hydrogen-bond donors (Lipinski definition) is 1. The first-order chi connectivity index (χ1) is 18.9. The standard InChI is InChI=1S/C32H35N5O2/c1-20-30(36(3)35-34-20)23-17-28-29(33-19-23)26-12-11-25(32(2,38)24-9-10-24)18-27(26)37(28)31(21-7-5-4-6-8-21)22-13-15-39-16-14-22/h4-8,11-12,17-19,22,24,31,38H,9-10,13-16H2,1-3H3/t31-,32?/m1/s1. The molecule has 1 saturated carbocycles. The van der Waals surface area contributed by atoms with Gasteiger partial charge in [0.25, 0.3) is 0 Å². The van der Waals surface area contributed by atoms with Gasteiger partial charge in [0.2, 0.25) is 0 Å². The highest BCUT2D eigenvalue weighted by atomic mass is 16.5. The van der Waals surface area contributed by atoms with E-state index in [4.69, 9.17) is 9.72 Å². The van der Waals surface area contributed by atoms with Gasteiger partial charge in [0.05, 0.1) is 39.6 Å². The Morgan fingerprint density at radius 3 is 2.46 bits per heavy atom. The number of rotatable bonds is 6. The van der Waals surface area contributed by atoms with E-state index in [9.17, 15) is 5.11 Å². The molecule has 2 fully saturated rings. The Balaban J connectivity index is 1.53. The fourth-order valence-corrected chi connectivity index (χ4v) is 6.70. The number of fused-ring (bicyclic) bond motifs is 3. The molecule has 1 aliphatic carbocycles. The number of hydrogen-bond acceptors (Lipinski definition) is 5. The van der Waals surface area contributed by atoms with Crippen LogP contribution in [-0.4, -0.2) is 42.9 Å². The van der Waals surface area contributed by atoms with Crippen LogP contribution < -0.4 is 0 Å². The van der Waals surface area contributed by atoms with Crippen molar-refractivity contribution >= 4 is 21.9 Å². The molecular weight excluding hydrogens is 486 g/mol. The van der Waals surface area contributed by atoms with Crippen molar-refractivity contribution in [3.8, 4) is 11.3 Å². The molecule has 2 atom stereocenters. The fourth-order valence-electron chi connectivity index (χ4n) is 6.70. The molecule has 7 rings (SSSR count). The SMILES string of the molecule is Cc1nnn(C)c1-c1cnc2c3ccc(C(C)(O)C4CC4)cc3n([C@H](c3ccccc3)C3CCOCC3)c2c1. The summed E-state index contributed by atoms with van der Waals surface area (Å²) in [6.07, 6.45) is 6.09. The predicted octanol–water partition coefficient (Wildman–Crippen LogP) is 5.93. The molecule has 3 aromatic heterocycles. The summed E-state index contributed by atoms with van der Waals surface area (Å²) >= 11 is 0. The molecule has 2 aliphatic rings. The summed E-state index contributed by atoms with van der Waals surface area (Å²) in [5.41, 5.74) is 7.46. The van der Waals surface area contributed by atoms with Crippen LogP contribution in [0.4, 0.5) is 0 Å². The molecule has 1 aliphatic heterocycles. The summed E-state index contributed by atoms with van der Waals surface area (Å²) in [4.78, 5) is 5.05. The summed E-state index contributed by atoms with van der Waals surface area (Å²) in [5, 5.41) is 21.2. The van der Waals surface area contributed by atoms with Crippen molar-refractivity contribution in [1.29, 1.82) is 0 Å². The van der Waals surface area contributed by atoms with E-state index in [1.165, 1.54) is 5.56 Å². The second kappa shape index (κ2) is 9.28. The van der Waals surface area contributed by atoms with Crippen molar-refractivity contribution < 1.29 is 9.84 Å². The molecule has 2 aromatic carbocycles. The maximum absolute atomic E-state index is 11.5. The monoisotopic (exact) mass is 521 g/mol. The third-order valence-corrected chi connectivity index (χ3v) is 9.00. The summed E-state index contributed by atoms with van der Waals surface area (Å²) in [5.74, 6) is 0.731. The summed E-state index contributed by atoms with van der Waals surface area (Å²) in [6, 6.07) is 19.7. The largest absolute Gasteiger partial charge is 0.385 e. The average molecular weight is 522 g/mol. The molecule has 0 amide bonds. The first kappa shape index (κ1) is 24.5. The van der Waals surface area contributed by atoms with Crippen LogP contribution in [0.3, 0.4) is 0 Å². The first-order valence-corrected chi connectivity index (χ1v) is 14.1. The van der Waals surface area contributed by atoms with Gasteiger partial charge in [0.1, 0.15) is 0 Å². The molecule has 4 heterocycles. The molecule has 5 aromatic rings. The quantitative estimate of drug-likeness (QED) is 0.300. The van der Waals surface area contributed by atoms with Gasteiger partial charge < -0.3 is 14.4 Å². The molecule has 1 saturated heterocycles. The highest BCUT2D eigenvalue weighted by molar-refractivity contribution is 6.07. The van der Waals surface area contributed by atoms with Crippen LogP contribution in [0.1, 0.15) is 55.5 Å². The lowest BCUT2D eigenvalue weighted by atomic mass is 9.86. The maximum atomic E-state index is 11.5. The van der Waals surface area contributed by atoms with E-state index in [1.54, 1.807) is 0 Å². The van der Waals surface area contributed by atoms with Crippen LogP contribution in [0.25, 0.3) is 33.2 Å². The molecule has 200 valence electrons. The molecule has 0 bridgehead atoms. The second-order valence-corrected chi connectivity index (χ2v) is 11.6. The Morgan fingerprint density at radius 2 is 1.77 bits per heavy atom. The van der Waals surface area contributed by atoms with E-state index < -0.39 is 5.60 Å². The van der Waals surface area contributed by atoms with E-state index in [1.807, 2.05) is 31.8 Å². The van der Waals surface area contributed by atoms with Gasteiger partial charge in [-0.3, -0.25) is 4.98 Å². The lowest BCUT2D eigenvalue weighted by molar-refractivity contribution is 0.0332. The third-order valence-electron chi connectivity index (χ3n) is 9.00. The highest BCUT2D eigenvalue weighted by Gasteiger charge is 2.41. The van der Waals surface area contributed by atoms with Gasteiger partial charge in [-0.05, 0) is 74.6 Å².